The molecule has 0 fully saturated rings. The van der Waals surface area contributed by atoms with Gasteiger partial charge in [0, 0.05) is 10.6 Å². The highest BCUT2D eigenvalue weighted by Gasteiger charge is 2.24. The maximum Gasteiger partial charge on any atom is 0.363 e. The van der Waals surface area contributed by atoms with Crippen molar-refractivity contribution in [1.29, 1.82) is 0 Å². The molecule has 0 unspecified atom stereocenters. The number of fused-ring (bicyclic) bond motifs is 1. The fraction of sp³-hybridized carbons (Fsp3) is 0.0588. The third-order valence-electron chi connectivity index (χ3n) is 3.41. The Morgan fingerprint density at radius 1 is 1.04 bits per heavy atom. The van der Waals surface area contributed by atoms with Crippen molar-refractivity contribution in [2.24, 2.45) is 4.99 Å². The van der Waals surface area contributed by atoms with Gasteiger partial charge in [0.25, 0.3) is 0 Å². The number of aliphatic imine (C=N–C) groups is 1. The monoisotopic (exact) mass is 327 g/mol. The van der Waals surface area contributed by atoms with Gasteiger partial charge in [-0.25, -0.2) is 9.79 Å². The van der Waals surface area contributed by atoms with Gasteiger partial charge in [-0.1, -0.05) is 17.7 Å². The van der Waals surface area contributed by atoms with Crippen molar-refractivity contribution in [2.45, 2.75) is 0 Å². The summed E-state index contributed by atoms with van der Waals surface area (Å²) in [5.41, 5.74) is 1.70. The molecule has 0 saturated carbocycles. The minimum absolute atomic E-state index is 0.205. The molecular weight excluding hydrogens is 318 g/mol. The normalized spacial score (nSPS) is 17.3. The van der Waals surface area contributed by atoms with E-state index in [1.54, 1.807) is 42.5 Å². The molecule has 6 heteroatoms. The lowest BCUT2D eigenvalue weighted by molar-refractivity contribution is -0.129. The Balaban J connectivity index is 1.65. The van der Waals surface area contributed by atoms with Crippen LogP contribution in [0.2, 0.25) is 5.02 Å². The first kappa shape index (κ1) is 13.8. The number of benzene rings is 2. The first-order chi connectivity index (χ1) is 11.2. The molecule has 0 saturated heterocycles. The lowest BCUT2D eigenvalue weighted by Crippen LogP contribution is -2.05. The smallest absolute Gasteiger partial charge is 0.363 e. The van der Waals surface area contributed by atoms with Crippen molar-refractivity contribution in [1.82, 2.24) is 0 Å². The van der Waals surface area contributed by atoms with Crippen LogP contribution in [0.4, 0.5) is 0 Å². The topological polar surface area (TPSA) is 57.1 Å². The molecule has 0 aromatic heterocycles. The Bertz CT molecular complexity index is 855. The summed E-state index contributed by atoms with van der Waals surface area (Å²) >= 11 is 5.85. The zero-order chi connectivity index (χ0) is 15.8. The van der Waals surface area contributed by atoms with Crippen LogP contribution >= 0.6 is 11.6 Å². The van der Waals surface area contributed by atoms with Crippen LogP contribution in [0.3, 0.4) is 0 Å². The number of esters is 1. The summed E-state index contributed by atoms with van der Waals surface area (Å²) in [6.07, 6.45) is 1.65. The van der Waals surface area contributed by atoms with Crippen LogP contribution in [0.15, 0.2) is 53.2 Å². The van der Waals surface area contributed by atoms with Gasteiger partial charge in [0.1, 0.15) is 0 Å². The van der Waals surface area contributed by atoms with Gasteiger partial charge in [0.2, 0.25) is 12.7 Å². The van der Waals surface area contributed by atoms with E-state index in [2.05, 4.69) is 4.99 Å². The summed E-state index contributed by atoms with van der Waals surface area (Å²) in [6, 6.07) is 12.3. The molecule has 2 heterocycles. The van der Waals surface area contributed by atoms with Crippen molar-refractivity contribution in [3.8, 4) is 11.5 Å². The van der Waals surface area contributed by atoms with Gasteiger partial charge in [-0.05, 0) is 48.0 Å². The van der Waals surface area contributed by atoms with Crippen LogP contribution < -0.4 is 9.47 Å². The van der Waals surface area contributed by atoms with E-state index in [-0.39, 0.29) is 18.4 Å². The van der Waals surface area contributed by atoms with Crippen LogP contribution in [-0.4, -0.2) is 18.7 Å². The Labute approximate surface area is 136 Å². The van der Waals surface area contributed by atoms with E-state index in [0.717, 1.165) is 5.56 Å². The fourth-order valence-electron chi connectivity index (χ4n) is 2.29. The molecule has 0 N–H and O–H groups in total. The van der Waals surface area contributed by atoms with Gasteiger partial charge >= 0.3 is 5.97 Å². The number of cyclic esters (lactones) is 1. The molecule has 2 aliphatic heterocycles. The highest BCUT2D eigenvalue weighted by Crippen LogP contribution is 2.33. The van der Waals surface area contributed by atoms with Crippen LogP contribution in [-0.2, 0) is 9.53 Å². The Hall–Kier alpha value is -2.79. The number of carbonyl (C=O) groups excluding carboxylic acids is 1. The average molecular weight is 328 g/mol. The zero-order valence-electron chi connectivity index (χ0n) is 11.8. The van der Waals surface area contributed by atoms with E-state index >= 15 is 0 Å². The number of rotatable bonds is 2. The van der Waals surface area contributed by atoms with Crippen molar-refractivity contribution in [2.75, 3.05) is 6.79 Å². The van der Waals surface area contributed by atoms with Gasteiger partial charge in [0.15, 0.2) is 17.2 Å². The van der Waals surface area contributed by atoms with E-state index in [1.165, 1.54) is 0 Å². The molecular formula is C17H10ClNO4. The summed E-state index contributed by atoms with van der Waals surface area (Å²) in [6.45, 7) is 0.205. The predicted molar refractivity (Wildman–Crippen MR) is 84.6 cm³/mol. The Morgan fingerprint density at radius 2 is 1.83 bits per heavy atom. The summed E-state index contributed by atoms with van der Waals surface area (Å²) in [4.78, 5) is 16.2. The standard InChI is InChI=1S/C17H10ClNO4/c18-12-4-2-11(3-5-12)16-19-13(17(20)23-16)7-10-1-6-14-15(8-10)22-9-21-14/h1-8H,9H2/b13-7+. The lowest BCUT2D eigenvalue weighted by Gasteiger charge is -1.98. The van der Waals surface area contributed by atoms with E-state index in [9.17, 15) is 4.79 Å². The second kappa shape index (κ2) is 5.44. The molecule has 23 heavy (non-hydrogen) atoms. The maximum absolute atomic E-state index is 12.0. The fourth-order valence-corrected chi connectivity index (χ4v) is 2.41. The number of carbonyl (C=O) groups is 1. The zero-order valence-corrected chi connectivity index (χ0v) is 12.5. The maximum atomic E-state index is 12.0. The SMILES string of the molecule is O=C1OC(c2ccc(Cl)cc2)=N/C1=C/c1ccc2c(c1)OCO2. The average Bonchev–Trinajstić information content (AvgIpc) is 3.15. The van der Waals surface area contributed by atoms with Gasteiger partial charge in [-0.2, -0.15) is 0 Å². The third-order valence-corrected chi connectivity index (χ3v) is 3.66. The molecule has 0 bridgehead atoms. The number of hydrogen-bond donors (Lipinski definition) is 0. The molecule has 0 spiro atoms. The first-order valence-electron chi connectivity index (χ1n) is 6.87. The summed E-state index contributed by atoms with van der Waals surface area (Å²) in [7, 11) is 0. The molecule has 5 nitrogen and oxygen atoms in total. The number of halogens is 1. The van der Waals surface area contributed by atoms with Crippen LogP contribution in [0.1, 0.15) is 11.1 Å². The molecule has 0 atom stereocenters. The summed E-state index contributed by atoms with van der Waals surface area (Å²) in [5, 5.41) is 0.606. The molecule has 4 rings (SSSR count). The predicted octanol–water partition coefficient (Wildman–Crippen LogP) is 3.41. The molecule has 2 aromatic carbocycles. The first-order valence-corrected chi connectivity index (χ1v) is 7.25. The van der Waals surface area contributed by atoms with E-state index in [1.807, 2.05) is 6.07 Å². The minimum Gasteiger partial charge on any atom is -0.454 e. The van der Waals surface area contributed by atoms with Crippen LogP contribution in [0, 0.1) is 0 Å². The molecule has 2 aromatic rings. The molecule has 0 aliphatic carbocycles. The minimum atomic E-state index is -0.493. The van der Waals surface area contributed by atoms with Gasteiger partial charge in [-0.3, -0.25) is 0 Å². The molecule has 2 aliphatic rings. The molecule has 114 valence electrons. The summed E-state index contributed by atoms with van der Waals surface area (Å²) in [5.74, 6) is 1.10. The van der Waals surface area contributed by atoms with Gasteiger partial charge in [0.05, 0.1) is 0 Å². The second-order valence-electron chi connectivity index (χ2n) is 4.96. The van der Waals surface area contributed by atoms with E-state index in [4.69, 9.17) is 25.8 Å². The Morgan fingerprint density at radius 3 is 2.65 bits per heavy atom. The van der Waals surface area contributed by atoms with Crippen LogP contribution in [0.5, 0.6) is 11.5 Å². The highest BCUT2D eigenvalue weighted by molar-refractivity contribution is 6.30. The van der Waals surface area contributed by atoms with Crippen molar-refractivity contribution >= 4 is 29.5 Å². The highest BCUT2D eigenvalue weighted by atomic mass is 35.5. The van der Waals surface area contributed by atoms with Crippen LogP contribution in [0.25, 0.3) is 6.08 Å². The number of hydrogen-bond acceptors (Lipinski definition) is 5. The second-order valence-corrected chi connectivity index (χ2v) is 5.39. The van der Waals surface area contributed by atoms with Gasteiger partial charge in [-0.15, -0.1) is 0 Å². The van der Waals surface area contributed by atoms with Crippen molar-refractivity contribution < 1.29 is 19.0 Å². The molecule has 0 amide bonds. The van der Waals surface area contributed by atoms with Crippen molar-refractivity contribution in [3.05, 3.63) is 64.3 Å². The number of ether oxygens (including phenoxy) is 3. The van der Waals surface area contributed by atoms with Crippen molar-refractivity contribution in [3.63, 3.8) is 0 Å². The Kier molecular flexibility index (Phi) is 3.28. The van der Waals surface area contributed by atoms with E-state index in [0.29, 0.717) is 22.1 Å². The lowest BCUT2D eigenvalue weighted by atomic mass is 10.1. The third kappa shape index (κ3) is 2.66. The molecule has 0 radical (unpaired) electrons. The quantitative estimate of drug-likeness (QED) is 0.626. The van der Waals surface area contributed by atoms with E-state index < -0.39 is 5.97 Å². The van der Waals surface area contributed by atoms with Gasteiger partial charge < -0.3 is 14.2 Å². The summed E-state index contributed by atoms with van der Waals surface area (Å²) < 4.78 is 15.8. The largest absolute Gasteiger partial charge is 0.454 e. The number of nitrogens with zero attached hydrogens (tertiary/aromatic N) is 1.